The minimum Gasteiger partial charge on any atom is -0.325 e. The highest BCUT2D eigenvalue weighted by molar-refractivity contribution is 6.11. The number of rotatable bonds is 4. The molecule has 0 spiro atoms. The van der Waals surface area contributed by atoms with Gasteiger partial charge in [-0.25, -0.2) is 0 Å². The van der Waals surface area contributed by atoms with Gasteiger partial charge in [0, 0.05) is 11.3 Å². The van der Waals surface area contributed by atoms with E-state index in [1.807, 2.05) is 60.7 Å². The first-order valence-electron chi connectivity index (χ1n) is 8.85. The maximum atomic E-state index is 12.9. The molecule has 1 N–H and O–H groups in total. The maximum Gasteiger partial charge on any atom is 0.260 e. The zero-order valence-electron chi connectivity index (χ0n) is 14.4. The lowest BCUT2D eigenvalue weighted by Crippen LogP contribution is -2.21. The van der Waals surface area contributed by atoms with Gasteiger partial charge >= 0.3 is 0 Å². The number of pyridine rings is 1. The van der Waals surface area contributed by atoms with Crippen LogP contribution in [0.15, 0.2) is 71.5 Å². The number of carbonyl (C=O) groups excluding carboxylic acids is 1. The Kier molecular flexibility index (Phi) is 4.36. The Hall–Kier alpha value is -3.20. The number of aromatic amines is 1. The molecule has 0 saturated heterocycles. The van der Waals surface area contributed by atoms with Gasteiger partial charge in [0.15, 0.2) is 5.78 Å². The number of ketones is 1. The van der Waals surface area contributed by atoms with E-state index in [9.17, 15) is 9.59 Å². The van der Waals surface area contributed by atoms with Crippen molar-refractivity contribution in [2.24, 2.45) is 0 Å². The summed E-state index contributed by atoms with van der Waals surface area (Å²) >= 11 is 0. The fraction of sp³-hybridized carbons (Fsp3) is 0.130. The summed E-state index contributed by atoms with van der Waals surface area (Å²) in [6, 6.07) is 19.4. The number of aromatic nitrogens is 1. The van der Waals surface area contributed by atoms with Gasteiger partial charge in [0.1, 0.15) is 0 Å². The van der Waals surface area contributed by atoms with Crippen LogP contribution in [-0.4, -0.2) is 10.8 Å². The first-order valence-corrected chi connectivity index (χ1v) is 8.85. The molecule has 1 aliphatic carbocycles. The fourth-order valence-electron chi connectivity index (χ4n) is 3.60. The van der Waals surface area contributed by atoms with Crippen molar-refractivity contribution < 1.29 is 4.79 Å². The molecule has 4 rings (SSSR count). The second kappa shape index (κ2) is 6.96. The molecule has 1 aromatic heterocycles. The molecule has 3 aromatic rings. The predicted molar refractivity (Wildman–Crippen MR) is 104 cm³/mol. The van der Waals surface area contributed by atoms with Crippen LogP contribution < -0.4 is 5.56 Å². The molecule has 0 fully saturated rings. The summed E-state index contributed by atoms with van der Waals surface area (Å²) in [5.74, 6) is -0.261. The van der Waals surface area contributed by atoms with Crippen molar-refractivity contribution in [1.29, 1.82) is 0 Å². The number of fused-ring (bicyclic) bond motifs is 1. The van der Waals surface area contributed by atoms with Crippen molar-refractivity contribution in [3.63, 3.8) is 0 Å². The summed E-state index contributed by atoms with van der Waals surface area (Å²) in [5, 5.41) is 0. The number of nitrogens with one attached hydrogen (secondary N) is 1. The summed E-state index contributed by atoms with van der Waals surface area (Å²) in [6.07, 6.45) is 6.00. The van der Waals surface area contributed by atoms with Crippen LogP contribution in [0.2, 0.25) is 0 Å². The van der Waals surface area contributed by atoms with E-state index in [4.69, 9.17) is 0 Å². The monoisotopic (exact) mass is 341 g/mol. The van der Waals surface area contributed by atoms with Gasteiger partial charge in [-0.1, -0.05) is 66.7 Å². The van der Waals surface area contributed by atoms with Crippen LogP contribution in [0, 0.1) is 0 Å². The standard InChI is InChI=1S/C23H19NO2/c25-20(15-14-16-8-3-1-4-9-16)22-21(17-10-5-2-6-11-17)18-12-7-13-19(18)24-23(22)26/h1-6,8-11,14-15H,7,12-13H2,(H,24,26)/b15-14+. The summed E-state index contributed by atoms with van der Waals surface area (Å²) in [4.78, 5) is 28.6. The van der Waals surface area contributed by atoms with Crippen LogP contribution in [0.3, 0.4) is 0 Å². The molecule has 0 radical (unpaired) electrons. The molecule has 0 atom stereocenters. The molecule has 26 heavy (non-hydrogen) atoms. The molecule has 0 saturated carbocycles. The second-order valence-electron chi connectivity index (χ2n) is 6.49. The molecule has 1 heterocycles. The molecular formula is C23H19NO2. The summed E-state index contributed by atoms with van der Waals surface area (Å²) < 4.78 is 0. The number of carbonyl (C=O) groups is 1. The molecule has 0 bridgehead atoms. The zero-order valence-corrected chi connectivity index (χ0v) is 14.4. The highest BCUT2D eigenvalue weighted by Crippen LogP contribution is 2.33. The average Bonchev–Trinajstić information content (AvgIpc) is 3.14. The first kappa shape index (κ1) is 16.3. The van der Waals surface area contributed by atoms with Crippen molar-refractivity contribution in [3.05, 3.63) is 99.5 Å². The molecule has 0 amide bonds. The smallest absolute Gasteiger partial charge is 0.260 e. The molecule has 0 unspecified atom stereocenters. The van der Waals surface area contributed by atoms with Crippen LogP contribution in [0.5, 0.6) is 0 Å². The van der Waals surface area contributed by atoms with E-state index in [0.29, 0.717) is 0 Å². The van der Waals surface area contributed by atoms with Crippen molar-refractivity contribution in [2.45, 2.75) is 19.3 Å². The van der Waals surface area contributed by atoms with Gasteiger partial charge in [0.05, 0.1) is 5.56 Å². The van der Waals surface area contributed by atoms with E-state index < -0.39 is 0 Å². The van der Waals surface area contributed by atoms with Crippen molar-refractivity contribution in [3.8, 4) is 11.1 Å². The van der Waals surface area contributed by atoms with Crippen molar-refractivity contribution in [2.75, 3.05) is 0 Å². The van der Waals surface area contributed by atoms with Crippen LogP contribution >= 0.6 is 0 Å². The minimum absolute atomic E-state index is 0.240. The van der Waals surface area contributed by atoms with E-state index in [1.165, 1.54) is 6.08 Å². The largest absolute Gasteiger partial charge is 0.325 e. The second-order valence-corrected chi connectivity index (χ2v) is 6.49. The Labute approximate surface area is 152 Å². The number of hydrogen-bond acceptors (Lipinski definition) is 2. The summed E-state index contributed by atoms with van der Waals surface area (Å²) in [5.41, 5.74) is 4.67. The topological polar surface area (TPSA) is 49.9 Å². The average molecular weight is 341 g/mol. The molecule has 2 aromatic carbocycles. The fourth-order valence-corrected chi connectivity index (χ4v) is 3.60. The zero-order chi connectivity index (χ0) is 17.9. The van der Waals surface area contributed by atoms with Gasteiger partial charge < -0.3 is 4.98 Å². The SMILES string of the molecule is O=C(/C=C/c1ccccc1)c1c(-c2ccccc2)c2c([nH]c1=O)CCC2. The van der Waals surface area contributed by atoms with Crippen molar-refractivity contribution >= 4 is 11.9 Å². The van der Waals surface area contributed by atoms with Gasteiger partial charge in [0.2, 0.25) is 0 Å². The Morgan fingerprint density at radius 2 is 1.62 bits per heavy atom. The van der Waals surface area contributed by atoms with E-state index >= 15 is 0 Å². The van der Waals surface area contributed by atoms with Crippen molar-refractivity contribution in [1.82, 2.24) is 4.98 Å². The Morgan fingerprint density at radius 1 is 0.923 bits per heavy atom. The molecular weight excluding hydrogens is 322 g/mol. The number of aryl methyl sites for hydroxylation is 1. The predicted octanol–water partition coefficient (Wildman–Crippen LogP) is 4.43. The molecule has 128 valence electrons. The molecule has 1 aliphatic rings. The third-order valence-corrected chi connectivity index (χ3v) is 4.80. The lowest BCUT2D eigenvalue weighted by Gasteiger charge is -2.13. The van der Waals surface area contributed by atoms with Crippen LogP contribution in [0.1, 0.15) is 33.6 Å². The number of hydrogen-bond donors (Lipinski definition) is 1. The van der Waals surface area contributed by atoms with Gasteiger partial charge in [-0.3, -0.25) is 9.59 Å². The Morgan fingerprint density at radius 3 is 2.35 bits per heavy atom. The minimum atomic E-state index is -0.299. The van der Waals surface area contributed by atoms with Crippen LogP contribution in [-0.2, 0) is 12.8 Å². The summed E-state index contributed by atoms with van der Waals surface area (Å²) in [7, 11) is 0. The van der Waals surface area contributed by atoms with E-state index in [2.05, 4.69) is 4.98 Å². The lowest BCUT2D eigenvalue weighted by atomic mass is 9.92. The number of H-pyrrole nitrogens is 1. The van der Waals surface area contributed by atoms with Crippen LogP contribution in [0.4, 0.5) is 0 Å². The quantitative estimate of drug-likeness (QED) is 0.564. The van der Waals surface area contributed by atoms with E-state index in [0.717, 1.165) is 47.2 Å². The molecule has 3 nitrogen and oxygen atoms in total. The maximum absolute atomic E-state index is 12.9. The third-order valence-electron chi connectivity index (χ3n) is 4.80. The lowest BCUT2D eigenvalue weighted by molar-refractivity contribution is 0.104. The molecule has 0 aliphatic heterocycles. The highest BCUT2D eigenvalue weighted by Gasteiger charge is 2.24. The Balaban J connectivity index is 1.85. The van der Waals surface area contributed by atoms with Gasteiger partial charge in [0.25, 0.3) is 5.56 Å². The number of allylic oxidation sites excluding steroid dienone is 1. The Bertz CT molecular complexity index is 1030. The third kappa shape index (κ3) is 3.04. The highest BCUT2D eigenvalue weighted by atomic mass is 16.1. The normalized spacial score (nSPS) is 13.1. The van der Waals surface area contributed by atoms with E-state index in [-0.39, 0.29) is 16.9 Å². The van der Waals surface area contributed by atoms with Crippen LogP contribution in [0.25, 0.3) is 17.2 Å². The van der Waals surface area contributed by atoms with Gasteiger partial charge in [-0.15, -0.1) is 0 Å². The molecule has 3 heteroatoms. The number of benzene rings is 2. The van der Waals surface area contributed by atoms with E-state index in [1.54, 1.807) is 6.08 Å². The van der Waals surface area contributed by atoms with Gasteiger partial charge in [-0.2, -0.15) is 0 Å². The summed E-state index contributed by atoms with van der Waals surface area (Å²) in [6.45, 7) is 0. The first-order chi connectivity index (χ1) is 12.7. The van der Waals surface area contributed by atoms with Gasteiger partial charge in [-0.05, 0) is 42.0 Å².